The molecular formula is C20H21N5O2. The first-order valence-corrected chi connectivity index (χ1v) is 9.00. The van der Waals surface area contributed by atoms with Crippen molar-refractivity contribution in [1.82, 2.24) is 20.1 Å². The summed E-state index contributed by atoms with van der Waals surface area (Å²) in [4.78, 5) is 12.3. The average Bonchev–Trinajstić information content (AvgIpc) is 3.32. The Balaban J connectivity index is 1.34. The van der Waals surface area contributed by atoms with Crippen molar-refractivity contribution < 1.29 is 9.53 Å². The van der Waals surface area contributed by atoms with E-state index in [1.807, 2.05) is 54.0 Å². The third-order valence-electron chi connectivity index (χ3n) is 4.54. The second kappa shape index (κ2) is 7.49. The topological polar surface area (TPSA) is 81.1 Å². The summed E-state index contributed by atoms with van der Waals surface area (Å²) >= 11 is 0. The SMILES string of the molecule is CCn1cnnc1-c1cccc(NC(=O)NC[C@H]2Cc3ccccc3O2)c1. The van der Waals surface area contributed by atoms with Crippen molar-refractivity contribution >= 4 is 11.7 Å². The van der Waals surface area contributed by atoms with E-state index < -0.39 is 0 Å². The number of aryl methyl sites for hydroxylation is 1. The van der Waals surface area contributed by atoms with Gasteiger partial charge in [0, 0.05) is 24.2 Å². The molecule has 1 aliphatic rings. The van der Waals surface area contributed by atoms with Crippen LogP contribution in [0.5, 0.6) is 5.75 Å². The number of anilines is 1. The second-order valence-electron chi connectivity index (χ2n) is 6.41. The van der Waals surface area contributed by atoms with Crippen LogP contribution < -0.4 is 15.4 Å². The number of ether oxygens (including phenoxy) is 1. The highest BCUT2D eigenvalue weighted by atomic mass is 16.5. The maximum absolute atomic E-state index is 12.3. The molecule has 7 heteroatoms. The summed E-state index contributed by atoms with van der Waals surface area (Å²) in [7, 11) is 0. The van der Waals surface area contributed by atoms with E-state index in [-0.39, 0.29) is 12.1 Å². The van der Waals surface area contributed by atoms with Gasteiger partial charge in [0.1, 0.15) is 18.2 Å². The lowest BCUT2D eigenvalue weighted by Crippen LogP contribution is -2.37. The van der Waals surface area contributed by atoms with Gasteiger partial charge < -0.3 is 19.9 Å². The molecule has 0 bridgehead atoms. The summed E-state index contributed by atoms with van der Waals surface area (Å²) in [6.45, 7) is 3.26. The maximum Gasteiger partial charge on any atom is 0.319 e. The van der Waals surface area contributed by atoms with Gasteiger partial charge in [0.05, 0.1) is 6.54 Å². The Morgan fingerprint density at radius 1 is 1.26 bits per heavy atom. The van der Waals surface area contributed by atoms with Crippen molar-refractivity contribution in [2.45, 2.75) is 26.0 Å². The molecule has 7 nitrogen and oxygen atoms in total. The molecule has 1 aromatic heterocycles. The molecule has 2 heterocycles. The molecule has 2 amide bonds. The van der Waals surface area contributed by atoms with E-state index in [1.54, 1.807) is 6.33 Å². The van der Waals surface area contributed by atoms with Crippen LogP contribution in [0.2, 0.25) is 0 Å². The molecule has 2 N–H and O–H groups in total. The summed E-state index contributed by atoms with van der Waals surface area (Å²) in [5.41, 5.74) is 2.78. The highest BCUT2D eigenvalue weighted by Gasteiger charge is 2.22. The van der Waals surface area contributed by atoms with Gasteiger partial charge in [0.15, 0.2) is 5.82 Å². The number of para-hydroxylation sites is 1. The Hall–Kier alpha value is -3.35. The summed E-state index contributed by atoms with van der Waals surface area (Å²) in [6, 6.07) is 15.3. The van der Waals surface area contributed by atoms with Crippen LogP contribution in [0.4, 0.5) is 10.5 Å². The fourth-order valence-corrected chi connectivity index (χ4v) is 3.20. The lowest BCUT2D eigenvalue weighted by Gasteiger charge is -2.13. The largest absolute Gasteiger partial charge is 0.488 e. The van der Waals surface area contributed by atoms with Crippen LogP contribution in [0.15, 0.2) is 54.9 Å². The minimum absolute atomic E-state index is 0.0393. The van der Waals surface area contributed by atoms with E-state index in [2.05, 4.69) is 26.9 Å². The Bertz CT molecular complexity index is 928. The summed E-state index contributed by atoms with van der Waals surface area (Å²) in [5, 5.41) is 13.8. The van der Waals surface area contributed by atoms with E-state index >= 15 is 0 Å². The normalized spacial score (nSPS) is 15.1. The summed E-state index contributed by atoms with van der Waals surface area (Å²) in [6.07, 6.45) is 2.46. The van der Waals surface area contributed by atoms with Crippen molar-refractivity contribution in [2.24, 2.45) is 0 Å². The number of nitrogens with one attached hydrogen (secondary N) is 2. The predicted molar refractivity (Wildman–Crippen MR) is 103 cm³/mol. The first-order chi connectivity index (χ1) is 13.2. The zero-order valence-corrected chi connectivity index (χ0v) is 15.1. The lowest BCUT2D eigenvalue weighted by molar-refractivity contribution is 0.219. The smallest absolute Gasteiger partial charge is 0.319 e. The van der Waals surface area contributed by atoms with Crippen LogP contribution in [-0.4, -0.2) is 33.4 Å². The van der Waals surface area contributed by atoms with Gasteiger partial charge in [-0.25, -0.2) is 4.79 Å². The first-order valence-electron chi connectivity index (χ1n) is 9.00. The van der Waals surface area contributed by atoms with Crippen LogP contribution in [0.25, 0.3) is 11.4 Å². The monoisotopic (exact) mass is 363 g/mol. The first kappa shape index (κ1) is 17.1. The molecule has 1 atom stereocenters. The molecule has 2 aromatic carbocycles. The predicted octanol–water partition coefficient (Wildman–Crippen LogP) is 3.09. The molecule has 0 unspecified atom stereocenters. The molecule has 27 heavy (non-hydrogen) atoms. The number of hydrogen-bond donors (Lipinski definition) is 2. The number of rotatable bonds is 5. The van der Waals surface area contributed by atoms with Crippen LogP contribution in [0.3, 0.4) is 0 Å². The molecule has 1 aliphatic heterocycles. The highest BCUT2D eigenvalue weighted by molar-refractivity contribution is 5.90. The zero-order chi connectivity index (χ0) is 18.6. The van der Waals surface area contributed by atoms with Gasteiger partial charge in [-0.3, -0.25) is 0 Å². The standard InChI is InChI=1S/C20H21N5O2/c1-2-25-13-22-24-19(25)15-7-5-8-16(10-15)23-20(26)21-12-17-11-14-6-3-4-9-18(14)27-17/h3-10,13,17H,2,11-12H2,1H3,(H2,21,23,26)/t17-/m1/s1. The molecule has 4 rings (SSSR count). The van der Waals surface area contributed by atoms with Gasteiger partial charge in [-0.1, -0.05) is 30.3 Å². The van der Waals surface area contributed by atoms with Crippen molar-refractivity contribution in [3.8, 4) is 17.1 Å². The minimum Gasteiger partial charge on any atom is -0.488 e. The molecule has 138 valence electrons. The molecule has 0 saturated heterocycles. The summed E-state index contributed by atoms with van der Waals surface area (Å²) < 4.78 is 7.79. The van der Waals surface area contributed by atoms with E-state index in [1.165, 1.54) is 5.56 Å². The maximum atomic E-state index is 12.3. The van der Waals surface area contributed by atoms with Crippen LogP contribution in [0, 0.1) is 0 Å². The van der Waals surface area contributed by atoms with Gasteiger partial charge >= 0.3 is 6.03 Å². The van der Waals surface area contributed by atoms with Crippen molar-refractivity contribution in [1.29, 1.82) is 0 Å². The number of fused-ring (bicyclic) bond motifs is 1. The van der Waals surface area contributed by atoms with Crippen molar-refractivity contribution in [3.05, 3.63) is 60.4 Å². The molecule has 3 aromatic rings. The zero-order valence-electron chi connectivity index (χ0n) is 15.1. The van der Waals surface area contributed by atoms with Gasteiger partial charge in [-0.2, -0.15) is 0 Å². The third kappa shape index (κ3) is 3.76. The molecule has 0 saturated carbocycles. The minimum atomic E-state index is -0.260. The summed E-state index contributed by atoms with van der Waals surface area (Å²) in [5.74, 6) is 1.68. The van der Waals surface area contributed by atoms with E-state index in [9.17, 15) is 4.79 Å². The fourth-order valence-electron chi connectivity index (χ4n) is 3.20. The van der Waals surface area contributed by atoms with Crippen LogP contribution in [0.1, 0.15) is 12.5 Å². The van der Waals surface area contributed by atoms with E-state index in [4.69, 9.17) is 4.74 Å². The number of nitrogens with zero attached hydrogens (tertiary/aromatic N) is 3. The van der Waals surface area contributed by atoms with Gasteiger partial charge in [0.2, 0.25) is 0 Å². The number of hydrogen-bond acceptors (Lipinski definition) is 4. The lowest BCUT2D eigenvalue weighted by atomic mass is 10.1. The van der Waals surface area contributed by atoms with Crippen LogP contribution in [-0.2, 0) is 13.0 Å². The Morgan fingerprint density at radius 2 is 2.15 bits per heavy atom. The second-order valence-corrected chi connectivity index (χ2v) is 6.41. The van der Waals surface area contributed by atoms with E-state index in [0.717, 1.165) is 30.1 Å². The Morgan fingerprint density at radius 3 is 3.00 bits per heavy atom. The number of urea groups is 1. The molecule has 0 aliphatic carbocycles. The van der Waals surface area contributed by atoms with Crippen molar-refractivity contribution in [2.75, 3.05) is 11.9 Å². The molecule has 0 radical (unpaired) electrons. The number of carbonyl (C=O) groups excluding carboxylic acids is 1. The fraction of sp³-hybridized carbons (Fsp3) is 0.250. The number of benzene rings is 2. The molecule has 0 fully saturated rings. The number of amides is 2. The quantitative estimate of drug-likeness (QED) is 0.730. The van der Waals surface area contributed by atoms with E-state index in [0.29, 0.717) is 12.2 Å². The number of aromatic nitrogens is 3. The highest BCUT2D eigenvalue weighted by Crippen LogP contribution is 2.27. The Kier molecular flexibility index (Phi) is 4.74. The Labute approximate surface area is 157 Å². The molecule has 0 spiro atoms. The average molecular weight is 363 g/mol. The number of carbonyl (C=O) groups is 1. The van der Waals surface area contributed by atoms with Gasteiger partial charge in [-0.05, 0) is 30.7 Å². The van der Waals surface area contributed by atoms with Gasteiger partial charge in [-0.15, -0.1) is 10.2 Å². The van der Waals surface area contributed by atoms with Crippen LogP contribution >= 0.6 is 0 Å². The van der Waals surface area contributed by atoms with Crippen molar-refractivity contribution in [3.63, 3.8) is 0 Å². The molecular weight excluding hydrogens is 342 g/mol. The third-order valence-corrected chi connectivity index (χ3v) is 4.54. The van der Waals surface area contributed by atoms with Gasteiger partial charge in [0.25, 0.3) is 0 Å².